The van der Waals surface area contributed by atoms with Crippen molar-refractivity contribution < 1.29 is 23.9 Å². The maximum Gasteiger partial charge on any atom is 0.253 e. The number of piperidine rings is 3. The lowest BCUT2D eigenvalue weighted by molar-refractivity contribution is -0.134. The smallest absolute Gasteiger partial charge is 0.253 e. The number of aryl methyl sites for hydroxylation is 2. The molecule has 0 saturated carbocycles. The molecular formula is C41H44ClN9O5. The van der Waals surface area contributed by atoms with E-state index in [1.54, 1.807) is 33.8 Å². The molecule has 3 N–H and O–H groups in total. The van der Waals surface area contributed by atoms with Gasteiger partial charge in [0.05, 0.1) is 29.3 Å². The number of likely N-dealkylation sites (tertiary alicyclic amines) is 1. The van der Waals surface area contributed by atoms with E-state index in [-0.39, 0.29) is 41.0 Å². The molecular weight excluding hydrogens is 734 g/mol. The molecule has 14 nitrogen and oxygen atoms in total. The highest BCUT2D eigenvalue weighted by Gasteiger charge is 2.36. The molecule has 3 aromatic heterocycles. The number of hydrogen-bond acceptors (Lipinski definition) is 9. The van der Waals surface area contributed by atoms with Gasteiger partial charge in [0.25, 0.3) is 5.91 Å². The number of anilines is 1. The zero-order valence-corrected chi connectivity index (χ0v) is 32.4. The number of rotatable bonds is 8. The number of H-pyrrole nitrogens is 1. The molecule has 3 aliphatic rings. The molecule has 0 radical (unpaired) electrons. The highest BCUT2D eigenvalue weighted by molar-refractivity contribution is 6.32. The van der Waals surface area contributed by atoms with Gasteiger partial charge >= 0.3 is 0 Å². The Morgan fingerprint density at radius 1 is 1.02 bits per heavy atom. The third kappa shape index (κ3) is 7.57. The number of halogens is 1. The van der Waals surface area contributed by atoms with Crippen molar-refractivity contribution in [2.45, 2.75) is 63.8 Å². The van der Waals surface area contributed by atoms with E-state index < -0.39 is 0 Å². The van der Waals surface area contributed by atoms with Gasteiger partial charge in [-0.25, -0.2) is 9.97 Å². The number of imidazole rings is 1. The van der Waals surface area contributed by atoms with Crippen LogP contribution in [0.15, 0.2) is 60.9 Å². The van der Waals surface area contributed by atoms with Gasteiger partial charge in [-0.15, -0.1) is 0 Å². The first kappa shape index (κ1) is 37.2. The van der Waals surface area contributed by atoms with Gasteiger partial charge < -0.3 is 24.8 Å². The molecule has 2 atom stereocenters. The number of carbonyl (C=O) groups is 4. The number of pyridine rings is 1. The normalized spacial score (nSPS) is 19.9. The molecule has 2 aromatic carbocycles. The topological polar surface area (TPSA) is 167 Å². The molecule has 3 saturated heterocycles. The zero-order chi connectivity index (χ0) is 39.1. The van der Waals surface area contributed by atoms with E-state index in [1.807, 2.05) is 44.4 Å². The Morgan fingerprint density at radius 2 is 1.77 bits per heavy atom. The highest BCUT2D eigenvalue weighted by atomic mass is 35.5. The summed E-state index contributed by atoms with van der Waals surface area (Å²) in [4.78, 5) is 67.5. The molecule has 290 valence electrons. The fourth-order valence-corrected chi connectivity index (χ4v) is 8.21. The molecule has 0 bridgehead atoms. The third-order valence-corrected chi connectivity index (χ3v) is 11.6. The van der Waals surface area contributed by atoms with E-state index in [4.69, 9.17) is 16.3 Å². The van der Waals surface area contributed by atoms with Gasteiger partial charge in [0.2, 0.25) is 17.7 Å². The second kappa shape index (κ2) is 15.1. The number of amides is 4. The molecule has 4 amide bonds. The molecule has 0 spiro atoms. The monoisotopic (exact) mass is 777 g/mol. The van der Waals surface area contributed by atoms with Crippen molar-refractivity contribution in [1.29, 1.82) is 0 Å². The summed E-state index contributed by atoms with van der Waals surface area (Å²) < 4.78 is 7.94. The predicted octanol–water partition coefficient (Wildman–Crippen LogP) is 5.66. The maximum atomic E-state index is 13.7. The SMILES string of the molecule is Cc1nn(C)cc1-c1nc2ncc(Cl)c(Oc3ccc(C(=O)N4CCCC(C(=O)NC5(C)CCN(c6ccc([C@@H]7CCC(=O)NC7=O)cc6)CC5)C4)cc3)c2[nH]1. The van der Waals surface area contributed by atoms with Crippen molar-refractivity contribution in [2.24, 2.45) is 13.0 Å². The molecule has 1 unspecified atom stereocenters. The zero-order valence-electron chi connectivity index (χ0n) is 31.6. The quantitative estimate of drug-likeness (QED) is 0.169. The molecule has 5 aromatic rings. The standard InChI is InChI=1S/C41H44ClN9O5/c1-24-31(23-49(3)48-24)36-45-34-35(32(42)21-43-37(34)46-36)56-29-12-8-26(9-13-29)40(55)51-18-4-5-27(22-51)38(53)47-41(2)16-19-50(20-17-41)28-10-6-25(7-11-28)30-14-15-33(52)44-39(30)54/h6-13,21,23,27,30H,4-5,14-20,22H2,1-3H3,(H,47,53)(H,43,45,46)(H,44,52,54)/t27?,30-/m0/s1. The van der Waals surface area contributed by atoms with E-state index in [1.165, 1.54) is 6.20 Å². The number of nitrogens with one attached hydrogen (secondary N) is 3. The van der Waals surface area contributed by atoms with Gasteiger partial charge in [-0.2, -0.15) is 5.10 Å². The van der Waals surface area contributed by atoms with Crippen LogP contribution in [0, 0.1) is 12.8 Å². The van der Waals surface area contributed by atoms with Crippen LogP contribution in [0.2, 0.25) is 5.02 Å². The summed E-state index contributed by atoms with van der Waals surface area (Å²) in [6, 6.07) is 14.9. The van der Waals surface area contributed by atoms with Gasteiger partial charge in [-0.3, -0.25) is 29.2 Å². The number of imide groups is 1. The maximum absolute atomic E-state index is 13.7. The van der Waals surface area contributed by atoms with Gasteiger partial charge in [0.1, 0.15) is 22.1 Å². The van der Waals surface area contributed by atoms with Crippen LogP contribution >= 0.6 is 11.6 Å². The van der Waals surface area contributed by atoms with Crippen LogP contribution < -0.4 is 20.3 Å². The number of ether oxygens (including phenoxy) is 1. The summed E-state index contributed by atoms with van der Waals surface area (Å²) in [6.45, 7) is 6.49. The summed E-state index contributed by atoms with van der Waals surface area (Å²) in [5.74, 6) is 0.266. The summed E-state index contributed by atoms with van der Waals surface area (Å²) >= 11 is 6.54. The summed E-state index contributed by atoms with van der Waals surface area (Å²) in [7, 11) is 1.85. The van der Waals surface area contributed by atoms with E-state index in [2.05, 4.69) is 42.5 Å². The minimum atomic E-state index is -0.360. The molecule has 0 aliphatic carbocycles. The van der Waals surface area contributed by atoms with E-state index >= 15 is 0 Å². The number of aromatic amines is 1. The molecule has 6 heterocycles. The lowest BCUT2D eigenvalue weighted by Gasteiger charge is -2.42. The van der Waals surface area contributed by atoms with Gasteiger partial charge in [0.15, 0.2) is 11.4 Å². The number of benzene rings is 2. The summed E-state index contributed by atoms with van der Waals surface area (Å²) in [5.41, 5.74) is 4.79. The minimum Gasteiger partial charge on any atom is -0.453 e. The van der Waals surface area contributed by atoms with Crippen molar-refractivity contribution in [3.05, 3.63) is 82.8 Å². The number of aromatic nitrogens is 5. The Bertz CT molecular complexity index is 2310. The van der Waals surface area contributed by atoms with Gasteiger partial charge in [0, 0.05) is 62.6 Å². The van der Waals surface area contributed by atoms with E-state index in [0.717, 1.165) is 61.3 Å². The van der Waals surface area contributed by atoms with Crippen LogP contribution in [0.3, 0.4) is 0 Å². The number of fused-ring (bicyclic) bond motifs is 1. The molecule has 3 aliphatic heterocycles. The molecule has 3 fully saturated rings. The minimum absolute atomic E-state index is 0.0167. The fourth-order valence-electron chi connectivity index (χ4n) is 8.02. The summed E-state index contributed by atoms with van der Waals surface area (Å²) in [5, 5.41) is 10.5. The molecule has 8 rings (SSSR count). The third-order valence-electron chi connectivity index (χ3n) is 11.3. The largest absolute Gasteiger partial charge is 0.453 e. The van der Waals surface area contributed by atoms with Crippen LogP contribution in [0.1, 0.15) is 73.0 Å². The first-order valence-electron chi connectivity index (χ1n) is 19.1. The second-order valence-corrected chi connectivity index (χ2v) is 15.8. The van der Waals surface area contributed by atoms with E-state index in [0.29, 0.717) is 65.0 Å². The number of nitrogens with zero attached hydrogens (tertiary/aromatic N) is 6. The highest BCUT2D eigenvalue weighted by Crippen LogP contribution is 2.37. The first-order chi connectivity index (χ1) is 26.9. The van der Waals surface area contributed by atoms with Crippen molar-refractivity contribution in [3.8, 4) is 22.9 Å². The van der Waals surface area contributed by atoms with Crippen LogP contribution in [0.4, 0.5) is 5.69 Å². The lowest BCUT2D eigenvalue weighted by atomic mass is 9.87. The van der Waals surface area contributed by atoms with Crippen molar-refractivity contribution in [3.63, 3.8) is 0 Å². The van der Waals surface area contributed by atoms with E-state index in [9.17, 15) is 19.2 Å². The Labute approximate surface area is 329 Å². The molecule has 15 heteroatoms. The van der Waals surface area contributed by atoms with Crippen molar-refractivity contribution in [2.75, 3.05) is 31.1 Å². The first-order valence-corrected chi connectivity index (χ1v) is 19.4. The predicted molar refractivity (Wildman–Crippen MR) is 211 cm³/mol. The van der Waals surface area contributed by atoms with Crippen LogP contribution in [-0.2, 0) is 21.4 Å². The Morgan fingerprint density at radius 3 is 2.46 bits per heavy atom. The molecule has 56 heavy (non-hydrogen) atoms. The summed E-state index contributed by atoms with van der Waals surface area (Å²) in [6.07, 6.45) is 7.27. The lowest BCUT2D eigenvalue weighted by Crippen LogP contribution is -2.56. The Balaban J connectivity index is 0.855. The Kier molecular flexibility index (Phi) is 10.00. The average Bonchev–Trinajstić information content (AvgIpc) is 3.78. The van der Waals surface area contributed by atoms with Crippen molar-refractivity contribution in [1.82, 2.24) is 40.3 Å². The fraction of sp³-hybridized carbons (Fsp3) is 0.390. The average molecular weight is 778 g/mol. The van der Waals surface area contributed by atoms with Gasteiger partial charge in [-0.05, 0) is 87.9 Å². The van der Waals surface area contributed by atoms with Crippen molar-refractivity contribution >= 4 is 52.1 Å². The van der Waals surface area contributed by atoms with Crippen LogP contribution in [-0.4, -0.2) is 85.0 Å². The second-order valence-electron chi connectivity index (χ2n) is 15.4. The number of carbonyl (C=O) groups excluding carboxylic acids is 4. The Hall–Kier alpha value is -5.76. The number of hydrogen-bond donors (Lipinski definition) is 3. The van der Waals surface area contributed by atoms with Gasteiger partial charge in [-0.1, -0.05) is 23.7 Å². The van der Waals surface area contributed by atoms with Crippen LogP contribution in [0.5, 0.6) is 11.5 Å². The van der Waals surface area contributed by atoms with Crippen LogP contribution in [0.25, 0.3) is 22.6 Å².